The van der Waals surface area contributed by atoms with Crippen LogP contribution >= 0.6 is 0 Å². The first-order valence-electron chi connectivity index (χ1n) is 9.32. The lowest BCUT2D eigenvalue weighted by atomic mass is 10.0. The van der Waals surface area contributed by atoms with Crippen molar-refractivity contribution in [2.45, 2.75) is 45.1 Å². The summed E-state index contributed by atoms with van der Waals surface area (Å²) >= 11 is 0. The van der Waals surface area contributed by atoms with E-state index in [1.807, 2.05) is 31.2 Å². The van der Waals surface area contributed by atoms with Gasteiger partial charge in [-0.15, -0.1) is 0 Å². The van der Waals surface area contributed by atoms with E-state index in [0.717, 1.165) is 43.5 Å². The molecular weight excluding hydrogens is 310 g/mol. The Hall–Kier alpha value is -2.29. The van der Waals surface area contributed by atoms with Gasteiger partial charge in [-0.2, -0.15) is 0 Å². The van der Waals surface area contributed by atoms with Gasteiger partial charge in [-0.05, 0) is 49.8 Å². The van der Waals surface area contributed by atoms with Crippen molar-refractivity contribution < 1.29 is 9.53 Å². The second kappa shape index (κ2) is 8.70. The van der Waals surface area contributed by atoms with Crippen molar-refractivity contribution in [1.29, 1.82) is 0 Å². The quantitative estimate of drug-likeness (QED) is 0.756. The van der Waals surface area contributed by atoms with E-state index in [0.29, 0.717) is 19.1 Å². The van der Waals surface area contributed by atoms with Gasteiger partial charge < -0.3 is 9.64 Å². The van der Waals surface area contributed by atoms with Gasteiger partial charge in [0.2, 0.25) is 5.91 Å². The van der Waals surface area contributed by atoms with Crippen molar-refractivity contribution >= 4 is 5.91 Å². The van der Waals surface area contributed by atoms with Crippen molar-refractivity contribution in [2.24, 2.45) is 0 Å². The molecule has 25 heavy (non-hydrogen) atoms. The lowest BCUT2D eigenvalue weighted by Crippen LogP contribution is -2.36. The third-order valence-corrected chi connectivity index (χ3v) is 4.89. The summed E-state index contributed by atoms with van der Waals surface area (Å²) in [7, 11) is 0. The van der Waals surface area contributed by atoms with Gasteiger partial charge in [-0.1, -0.05) is 48.5 Å². The van der Waals surface area contributed by atoms with Crippen LogP contribution in [0, 0.1) is 0 Å². The van der Waals surface area contributed by atoms with Gasteiger partial charge >= 0.3 is 0 Å². The van der Waals surface area contributed by atoms with Crippen molar-refractivity contribution in [1.82, 2.24) is 4.90 Å². The number of hydrogen-bond acceptors (Lipinski definition) is 2. The van der Waals surface area contributed by atoms with Gasteiger partial charge in [-0.25, -0.2) is 0 Å². The highest BCUT2D eigenvalue weighted by atomic mass is 16.5. The number of para-hydroxylation sites is 1. The fourth-order valence-electron chi connectivity index (χ4n) is 3.65. The fraction of sp³-hybridized carbons (Fsp3) is 0.409. The van der Waals surface area contributed by atoms with E-state index in [1.54, 1.807) is 0 Å². The monoisotopic (exact) mass is 337 g/mol. The van der Waals surface area contributed by atoms with Crippen LogP contribution in [-0.4, -0.2) is 30.0 Å². The van der Waals surface area contributed by atoms with Crippen LogP contribution in [0.25, 0.3) is 0 Å². The zero-order chi connectivity index (χ0) is 17.5. The third kappa shape index (κ3) is 4.62. The number of ether oxygens (including phenoxy) is 1. The Morgan fingerprint density at radius 1 is 1.12 bits per heavy atom. The molecule has 1 aliphatic heterocycles. The first-order chi connectivity index (χ1) is 12.3. The first-order valence-corrected chi connectivity index (χ1v) is 9.32. The molecule has 0 N–H and O–H groups in total. The topological polar surface area (TPSA) is 29.5 Å². The van der Waals surface area contributed by atoms with Crippen molar-refractivity contribution in [3.63, 3.8) is 0 Å². The Balaban J connectivity index is 1.59. The van der Waals surface area contributed by atoms with Crippen LogP contribution in [0.15, 0.2) is 54.6 Å². The van der Waals surface area contributed by atoms with Crippen LogP contribution in [0.1, 0.15) is 37.3 Å². The number of likely N-dealkylation sites (tertiary alicyclic amines) is 1. The minimum atomic E-state index is 0.268. The van der Waals surface area contributed by atoms with E-state index in [-0.39, 0.29) is 5.91 Å². The second-order valence-corrected chi connectivity index (χ2v) is 6.61. The van der Waals surface area contributed by atoms with Crippen LogP contribution in [0.3, 0.4) is 0 Å². The van der Waals surface area contributed by atoms with Crippen LogP contribution in [0.2, 0.25) is 0 Å². The molecule has 0 spiro atoms. The van der Waals surface area contributed by atoms with Crippen molar-refractivity contribution in [3.8, 4) is 5.75 Å². The van der Waals surface area contributed by atoms with Gasteiger partial charge in [0.05, 0.1) is 6.61 Å². The minimum Gasteiger partial charge on any atom is -0.494 e. The lowest BCUT2D eigenvalue weighted by Gasteiger charge is -2.25. The maximum atomic E-state index is 12.8. The molecule has 1 heterocycles. The summed E-state index contributed by atoms with van der Waals surface area (Å²) in [5.74, 6) is 1.17. The smallest absolute Gasteiger partial charge is 0.223 e. The maximum absolute atomic E-state index is 12.8. The molecule has 3 heteroatoms. The highest BCUT2D eigenvalue weighted by Crippen LogP contribution is 2.24. The zero-order valence-corrected chi connectivity index (χ0v) is 15.0. The van der Waals surface area contributed by atoms with E-state index in [9.17, 15) is 4.79 Å². The fourth-order valence-corrected chi connectivity index (χ4v) is 3.65. The summed E-state index contributed by atoms with van der Waals surface area (Å²) in [5.41, 5.74) is 2.44. The van der Waals surface area contributed by atoms with Gasteiger partial charge in [0, 0.05) is 19.0 Å². The van der Waals surface area contributed by atoms with Crippen LogP contribution in [0.5, 0.6) is 5.75 Å². The summed E-state index contributed by atoms with van der Waals surface area (Å²) in [4.78, 5) is 14.9. The van der Waals surface area contributed by atoms with Gasteiger partial charge in [-0.3, -0.25) is 4.79 Å². The largest absolute Gasteiger partial charge is 0.494 e. The molecule has 0 radical (unpaired) electrons. The normalized spacial score (nSPS) is 16.8. The number of nitrogens with zero attached hydrogens (tertiary/aromatic N) is 1. The molecule has 1 amide bonds. The van der Waals surface area contributed by atoms with Crippen LogP contribution in [0.4, 0.5) is 0 Å². The SMILES string of the molecule is CCOc1ccccc1CCC(=O)N1CCCC1Cc1ccccc1. The molecule has 0 aromatic heterocycles. The Labute approximate surface area is 150 Å². The predicted molar refractivity (Wildman–Crippen MR) is 101 cm³/mol. The third-order valence-electron chi connectivity index (χ3n) is 4.89. The summed E-state index contributed by atoms with van der Waals surface area (Å²) in [6.45, 7) is 3.53. The Morgan fingerprint density at radius 3 is 2.68 bits per heavy atom. The van der Waals surface area contributed by atoms with Gasteiger partial charge in [0.1, 0.15) is 5.75 Å². The van der Waals surface area contributed by atoms with Crippen LogP contribution < -0.4 is 4.74 Å². The van der Waals surface area contributed by atoms with Gasteiger partial charge in [0.15, 0.2) is 0 Å². The molecule has 132 valence electrons. The van der Waals surface area contributed by atoms with E-state index >= 15 is 0 Å². The van der Waals surface area contributed by atoms with E-state index < -0.39 is 0 Å². The number of rotatable bonds is 7. The van der Waals surface area contributed by atoms with Crippen molar-refractivity contribution in [2.75, 3.05) is 13.2 Å². The Bertz CT molecular complexity index is 683. The number of carbonyl (C=O) groups excluding carboxylic acids is 1. The van der Waals surface area contributed by atoms with Gasteiger partial charge in [0.25, 0.3) is 0 Å². The molecule has 1 unspecified atom stereocenters. The molecule has 2 aromatic rings. The van der Waals surface area contributed by atoms with E-state index in [2.05, 4.69) is 35.2 Å². The maximum Gasteiger partial charge on any atom is 0.223 e. The first kappa shape index (κ1) is 17.5. The number of benzene rings is 2. The molecule has 1 saturated heterocycles. The molecule has 0 aliphatic carbocycles. The van der Waals surface area contributed by atoms with E-state index in [1.165, 1.54) is 5.56 Å². The summed E-state index contributed by atoms with van der Waals surface area (Å²) in [6.07, 6.45) is 4.47. The minimum absolute atomic E-state index is 0.268. The molecule has 3 nitrogen and oxygen atoms in total. The zero-order valence-electron chi connectivity index (χ0n) is 15.0. The highest BCUT2D eigenvalue weighted by molar-refractivity contribution is 5.77. The lowest BCUT2D eigenvalue weighted by molar-refractivity contribution is -0.131. The Morgan fingerprint density at radius 2 is 1.88 bits per heavy atom. The number of hydrogen-bond donors (Lipinski definition) is 0. The van der Waals surface area contributed by atoms with E-state index in [4.69, 9.17) is 4.74 Å². The number of amides is 1. The molecule has 1 fully saturated rings. The molecule has 0 saturated carbocycles. The predicted octanol–water partition coefficient (Wildman–Crippen LogP) is 4.25. The average molecular weight is 337 g/mol. The molecule has 0 bridgehead atoms. The summed E-state index contributed by atoms with van der Waals surface area (Å²) in [5, 5.41) is 0. The van der Waals surface area contributed by atoms with Crippen molar-refractivity contribution in [3.05, 3.63) is 65.7 Å². The molecular formula is C22H27NO2. The number of carbonyl (C=O) groups is 1. The molecule has 3 rings (SSSR count). The van der Waals surface area contributed by atoms with Crippen LogP contribution in [-0.2, 0) is 17.6 Å². The molecule has 1 aliphatic rings. The number of aryl methyl sites for hydroxylation is 1. The second-order valence-electron chi connectivity index (χ2n) is 6.61. The highest BCUT2D eigenvalue weighted by Gasteiger charge is 2.28. The molecule has 2 aromatic carbocycles. The Kier molecular flexibility index (Phi) is 6.10. The summed E-state index contributed by atoms with van der Waals surface area (Å²) in [6, 6.07) is 18.9. The molecule has 1 atom stereocenters. The summed E-state index contributed by atoms with van der Waals surface area (Å²) < 4.78 is 5.67. The standard InChI is InChI=1S/C22H27NO2/c1-2-25-21-13-7-6-11-19(21)14-15-22(24)23-16-8-12-20(23)17-18-9-4-3-5-10-18/h3-7,9-11,13,20H,2,8,12,14-17H2,1H3. The average Bonchev–Trinajstić information content (AvgIpc) is 3.10.